The summed E-state index contributed by atoms with van der Waals surface area (Å²) in [5.41, 5.74) is 4.33. The zero-order chi connectivity index (χ0) is 33.2. The first-order valence-electron chi connectivity index (χ1n) is 15.3. The van der Waals surface area contributed by atoms with E-state index in [1.54, 1.807) is 16.8 Å². The van der Waals surface area contributed by atoms with Gasteiger partial charge in [0.25, 0.3) is 0 Å². The molecule has 3 aliphatic rings. The fourth-order valence-electron chi connectivity index (χ4n) is 7.35. The van der Waals surface area contributed by atoms with Crippen LogP contribution in [0.15, 0.2) is 36.9 Å². The minimum Gasteiger partial charge on any atom is -0.461 e. The van der Waals surface area contributed by atoms with E-state index in [2.05, 4.69) is 26.4 Å². The molecule has 47 heavy (non-hydrogen) atoms. The van der Waals surface area contributed by atoms with E-state index in [0.29, 0.717) is 32.5 Å². The SMILES string of the molecule is C=CC(=O)N1CC[C@@H](N(C)c2nc(OC[C@@]34CCCN3C[C@H](F)C4)nc3cc(-c4ccc(F)c5sc(N)nc45)c(C(F)(F)F)cc23)C1. The highest BCUT2D eigenvalue weighted by atomic mass is 32.1. The third-order valence-corrected chi connectivity index (χ3v) is 10.6. The van der Waals surface area contributed by atoms with Crippen LogP contribution < -0.4 is 15.4 Å². The third-order valence-electron chi connectivity index (χ3n) is 9.66. The van der Waals surface area contributed by atoms with E-state index >= 15 is 0 Å². The highest BCUT2D eigenvalue weighted by Gasteiger charge is 2.49. The van der Waals surface area contributed by atoms with Gasteiger partial charge in [-0.3, -0.25) is 9.69 Å². The molecule has 3 fully saturated rings. The second kappa shape index (κ2) is 11.5. The summed E-state index contributed by atoms with van der Waals surface area (Å²) in [5, 5.41) is 0.136. The minimum atomic E-state index is -4.81. The average Bonchev–Trinajstić information content (AvgIpc) is 3.81. The van der Waals surface area contributed by atoms with Gasteiger partial charge in [0.05, 0.1) is 26.8 Å². The number of anilines is 2. The van der Waals surface area contributed by atoms with E-state index in [0.717, 1.165) is 42.9 Å². The fourth-order valence-corrected chi connectivity index (χ4v) is 8.11. The molecule has 0 spiro atoms. The van der Waals surface area contributed by atoms with Crippen molar-refractivity contribution in [3.05, 3.63) is 48.3 Å². The van der Waals surface area contributed by atoms with E-state index < -0.39 is 29.3 Å². The number of carbonyl (C=O) groups is 1. The molecule has 4 aromatic rings. The number of halogens is 5. The molecule has 2 aromatic heterocycles. The number of nitrogens with two attached hydrogens (primary N) is 1. The van der Waals surface area contributed by atoms with Crippen LogP contribution in [0.5, 0.6) is 6.01 Å². The molecule has 15 heteroatoms. The summed E-state index contributed by atoms with van der Waals surface area (Å²) in [4.78, 5) is 31.1. The van der Waals surface area contributed by atoms with Gasteiger partial charge in [0.15, 0.2) is 5.13 Å². The van der Waals surface area contributed by atoms with Crippen LogP contribution in [0.2, 0.25) is 0 Å². The molecular formula is C32H32F5N7O2S. The zero-order valence-corrected chi connectivity index (χ0v) is 26.3. The smallest absolute Gasteiger partial charge is 0.417 e. The Morgan fingerprint density at radius 2 is 2.02 bits per heavy atom. The molecular weight excluding hydrogens is 641 g/mol. The Balaban J connectivity index is 1.37. The molecule has 2 aromatic carbocycles. The van der Waals surface area contributed by atoms with Crippen LogP contribution in [-0.2, 0) is 11.0 Å². The Morgan fingerprint density at radius 3 is 2.79 bits per heavy atom. The van der Waals surface area contributed by atoms with Crippen LogP contribution in [0.25, 0.3) is 32.2 Å². The number of aromatic nitrogens is 3. The van der Waals surface area contributed by atoms with Crippen LogP contribution in [0.3, 0.4) is 0 Å². The van der Waals surface area contributed by atoms with Crippen LogP contribution in [-0.4, -0.2) is 88.2 Å². The number of alkyl halides is 4. The van der Waals surface area contributed by atoms with Gasteiger partial charge in [0.1, 0.15) is 24.4 Å². The number of nitrogens with zero attached hydrogens (tertiary/aromatic N) is 6. The number of amides is 1. The lowest BCUT2D eigenvalue weighted by Gasteiger charge is -2.31. The lowest BCUT2D eigenvalue weighted by Crippen LogP contribution is -2.43. The standard InChI is InChI=1S/C32H32F5N7O2S/c1-3-25(45)43-10-7-18(15-43)42(2)28-21-11-22(32(35,36)37)20(19-5-6-23(34)27-26(19)40-29(38)47-27)12-24(21)39-30(41-28)46-16-31-8-4-9-44(31)14-17(33)13-31/h3,5-6,11-12,17-18H,1,4,7-10,13-16H2,2H3,(H2,38,40)/t17-,18-,31+/m1/s1. The molecule has 3 saturated heterocycles. The zero-order valence-electron chi connectivity index (χ0n) is 25.5. The van der Waals surface area contributed by atoms with E-state index in [-0.39, 0.29) is 67.8 Å². The maximum absolute atomic E-state index is 14.8. The van der Waals surface area contributed by atoms with E-state index in [4.69, 9.17) is 10.5 Å². The Kier molecular flexibility index (Phi) is 7.73. The minimum absolute atomic E-state index is 0.0144. The molecule has 9 nitrogen and oxygen atoms in total. The van der Waals surface area contributed by atoms with Gasteiger partial charge in [-0.25, -0.2) is 13.8 Å². The van der Waals surface area contributed by atoms with Crippen LogP contribution in [0, 0.1) is 5.82 Å². The number of hydrogen-bond donors (Lipinski definition) is 1. The highest BCUT2D eigenvalue weighted by Crippen LogP contribution is 2.45. The van der Waals surface area contributed by atoms with Crippen molar-refractivity contribution in [2.24, 2.45) is 0 Å². The molecule has 3 aliphatic heterocycles. The normalized spacial score (nSPS) is 23.1. The summed E-state index contributed by atoms with van der Waals surface area (Å²) in [6, 6.07) is 4.31. The molecule has 3 atom stereocenters. The molecule has 0 radical (unpaired) electrons. The predicted molar refractivity (Wildman–Crippen MR) is 170 cm³/mol. The number of ether oxygens (including phenoxy) is 1. The summed E-state index contributed by atoms with van der Waals surface area (Å²) in [6.45, 7) is 5.53. The number of carbonyl (C=O) groups excluding carboxylic acids is 1. The topological polar surface area (TPSA) is 101 Å². The summed E-state index contributed by atoms with van der Waals surface area (Å²) in [6.07, 6.45) is -2.04. The molecule has 5 heterocycles. The van der Waals surface area contributed by atoms with Crippen LogP contribution in [0.4, 0.5) is 32.9 Å². The van der Waals surface area contributed by atoms with Gasteiger partial charge in [-0.05, 0) is 61.7 Å². The van der Waals surface area contributed by atoms with Crippen molar-refractivity contribution >= 4 is 49.3 Å². The molecule has 1 amide bonds. The summed E-state index contributed by atoms with van der Waals surface area (Å²) < 4.78 is 79.7. The number of benzene rings is 2. The molecule has 0 bridgehead atoms. The maximum Gasteiger partial charge on any atom is 0.417 e. The van der Waals surface area contributed by atoms with Gasteiger partial charge in [-0.15, -0.1) is 0 Å². The molecule has 0 aliphatic carbocycles. The van der Waals surface area contributed by atoms with Crippen molar-refractivity contribution in [1.82, 2.24) is 24.8 Å². The van der Waals surface area contributed by atoms with Crippen LogP contribution >= 0.6 is 11.3 Å². The maximum atomic E-state index is 14.8. The van der Waals surface area contributed by atoms with Gasteiger partial charge in [0, 0.05) is 50.1 Å². The number of hydrogen-bond acceptors (Lipinski definition) is 9. The Labute approximate surface area is 270 Å². The number of likely N-dealkylation sites (N-methyl/N-ethyl adjacent to an activating group) is 1. The van der Waals surface area contributed by atoms with Crippen molar-refractivity contribution < 1.29 is 31.5 Å². The predicted octanol–water partition coefficient (Wildman–Crippen LogP) is 5.82. The van der Waals surface area contributed by atoms with Crippen molar-refractivity contribution in [3.63, 3.8) is 0 Å². The summed E-state index contributed by atoms with van der Waals surface area (Å²) in [7, 11) is 1.71. The Morgan fingerprint density at radius 1 is 1.21 bits per heavy atom. The molecule has 0 unspecified atom stereocenters. The summed E-state index contributed by atoms with van der Waals surface area (Å²) in [5.74, 6) is -0.687. The first-order valence-corrected chi connectivity index (χ1v) is 16.1. The first-order chi connectivity index (χ1) is 22.4. The molecule has 7 rings (SSSR count). The van der Waals surface area contributed by atoms with Crippen LogP contribution in [0.1, 0.15) is 31.2 Å². The number of fused-ring (bicyclic) bond motifs is 3. The average molecular weight is 674 g/mol. The van der Waals surface area contributed by atoms with E-state index in [1.165, 1.54) is 18.2 Å². The number of thiazole rings is 1. The highest BCUT2D eigenvalue weighted by molar-refractivity contribution is 7.22. The fraction of sp³-hybridized carbons (Fsp3) is 0.438. The Bertz CT molecular complexity index is 1900. The lowest BCUT2D eigenvalue weighted by molar-refractivity contribution is -0.137. The van der Waals surface area contributed by atoms with E-state index in [9.17, 15) is 26.7 Å². The molecule has 2 N–H and O–H groups in total. The monoisotopic (exact) mass is 673 g/mol. The van der Waals surface area contributed by atoms with Crippen molar-refractivity contribution in [3.8, 4) is 17.1 Å². The molecule has 248 valence electrons. The van der Waals surface area contributed by atoms with Gasteiger partial charge in [-0.2, -0.15) is 23.1 Å². The lowest BCUT2D eigenvalue weighted by atomic mass is 9.95. The second-order valence-corrected chi connectivity index (χ2v) is 13.5. The number of likely N-dealkylation sites (tertiary alicyclic amines) is 1. The van der Waals surface area contributed by atoms with E-state index in [1.807, 2.05) is 0 Å². The van der Waals surface area contributed by atoms with Gasteiger partial charge < -0.3 is 20.3 Å². The first kappa shape index (κ1) is 31.5. The number of nitrogen functional groups attached to an aromatic ring is 1. The summed E-state index contributed by atoms with van der Waals surface area (Å²) >= 11 is 0.850. The number of rotatable bonds is 7. The van der Waals surface area contributed by atoms with Gasteiger partial charge in [0.2, 0.25) is 5.91 Å². The molecule has 0 saturated carbocycles. The second-order valence-electron chi connectivity index (χ2n) is 12.5. The Hall–Kier alpha value is -4.11. The van der Waals surface area contributed by atoms with Crippen molar-refractivity contribution in [2.75, 3.05) is 50.5 Å². The largest absolute Gasteiger partial charge is 0.461 e. The quantitative estimate of drug-likeness (QED) is 0.194. The van der Waals surface area contributed by atoms with Crippen molar-refractivity contribution in [1.29, 1.82) is 0 Å². The van der Waals surface area contributed by atoms with Crippen molar-refractivity contribution in [2.45, 2.75) is 49.6 Å². The van der Waals surface area contributed by atoms with Gasteiger partial charge in [-0.1, -0.05) is 17.9 Å². The van der Waals surface area contributed by atoms with Gasteiger partial charge >= 0.3 is 12.2 Å². The third kappa shape index (κ3) is 5.52.